The Morgan fingerprint density at radius 2 is 2.36 bits per heavy atom. The topological polar surface area (TPSA) is 41.3 Å². The van der Waals surface area contributed by atoms with Crippen LogP contribution in [0.4, 0.5) is 6.01 Å². The van der Waals surface area contributed by atoms with E-state index in [-0.39, 0.29) is 0 Å². The van der Waals surface area contributed by atoms with Crippen LogP contribution in [0.15, 0.2) is 33.4 Å². The average molecular weight is 334 g/mol. The van der Waals surface area contributed by atoms with Gasteiger partial charge in [0.2, 0.25) is 0 Å². The molecule has 6 heteroatoms. The number of piperazine rings is 1. The van der Waals surface area contributed by atoms with E-state index in [2.05, 4.69) is 39.0 Å². The van der Waals surface area contributed by atoms with E-state index in [9.17, 15) is 0 Å². The zero-order valence-corrected chi connectivity index (χ0v) is 13.7. The van der Waals surface area contributed by atoms with Crippen molar-refractivity contribution in [2.75, 3.05) is 24.5 Å². The molecule has 22 heavy (non-hydrogen) atoms. The van der Waals surface area contributed by atoms with Crippen molar-refractivity contribution in [3.63, 3.8) is 0 Å². The number of aromatic nitrogens is 1. The van der Waals surface area contributed by atoms with Crippen LogP contribution in [0.1, 0.15) is 6.92 Å². The molecule has 1 aliphatic heterocycles. The summed E-state index contributed by atoms with van der Waals surface area (Å²) < 4.78 is 6.12. The lowest BCUT2D eigenvalue weighted by atomic mass is 10.1. The molecule has 1 N–H and O–H groups in total. The van der Waals surface area contributed by atoms with E-state index in [0.717, 1.165) is 41.9 Å². The zero-order chi connectivity index (χ0) is 15.1. The second-order valence-corrected chi connectivity index (χ2v) is 6.77. The Morgan fingerprint density at radius 1 is 1.45 bits per heavy atom. The van der Waals surface area contributed by atoms with E-state index in [0.29, 0.717) is 17.1 Å². The lowest BCUT2D eigenvalue weighted by Crippen LogP contribution is -2.50. The van der Waals surface area contributed by atoms with Gasteiger partial charge < -0.3 is 14.6 Å². The summed E-state index contributed by atoms with van der Waals surface area (Å²) in [6, 6.07) is 6.93. The Kier molecular flexibility index (Phi) is 3.56. The standard InChI is InChI=1S/C16H16ClN3OS/c1-10-8-18-3-4-20(10)16-19-14-7-12(17)6-13(15(14)21-16)11-2-5-22-9-11/h2,5-7,9-10,18H,3-4,8H2,1H3. The molecule has 0 spiro atoms. The van der Waals surface area contributed by atoms with Gasteiger partial charge in [-0.15, -0.1) is 0 Å². The SMILES string of the molecule is CC1CNCCN1c1nc2cc(Cl)cc(-c3ccsc3)c2o1. The van der Waals surface area contributed by atoms with Crippen molar-refractivity contribution < 1.29 is 4.42 Å². The molecule has 1 saturated heterocycles. The Morgan fingerprint density at radius 3 is 3.14 bits per heavy atom. The van der Waals surface area contributed by atoms with E-state index in [4.69, 9.17) is 16.0 Å². The van der Waals surface area contributed by atoms with Gasteiger partial charge in [0, 0.05) is 36.3 Å². The molecule has 1 aliphatic rings. The van der Waals surface area contributed by atoms with Crippen LogP contribution < -0.4 is 10.2 Å². The molecule has 3 aromatic rings. The maximum Gasteiger partial charge on any atom is 0.298 e. The van der Waals surface area contributed by atoms with Gasteiger partial charge in [-0.25, -0.2) is 0 Å². The van der Waals surface area contributed by atoms with Crippen LogP contribution >= 0.6 is 22.9 Å². The van der Waals surface area contributed by atoms with E-state index < -0.39 is 0 Å². The van der Waals surface area contributed by atoms with Crippen molar-refractivity contribution in [1.82, 2.24) is 10.3 Å². The van der Waals surface area contributed by atoms with Crippen LogP contribution in [0, 0.1) is 0 Å². The maximum absolute atomic E-state index is 6.26. The Labute approximate surface area is 137 Å². The highest BCUT2D eigenvalue weighted by atomic mass is 35.5. The number of benzene rings is 1. The lowest BCUT2D eigenvalue weighted by molar-refractivity contribution is 0.456. The molecule has 2 aromatic heterocycles. The van der Waals surface area contributed by atoms with Gasteiger partial charge in [0.15, 0.2) is 5.58 Å². The summed E-state index contributed by atoms with van der Waals surface area (Å²) in [6.07, 6.45) is 0. The van der Waals surface area contributed by atoms with Crippen LogP contribution in [-0.2, 0) is 0 Å². The maximum atomic E-state index is 6.26. The minimum absolute atomic E-state index is 0.363. The molecule has 0 radical (unpaired) electrons. The van der Waals surface area contributed by atoms with Crippen molar-refractivity contribution in [2.45, 2.75) is 13.0 Å². The van der Waals surface area contributed by atoms with Crippen LogP contribution in [0.3, 0.4) is 0 Å². The van der Waals surface area contributed by atoms with Crippen molar-refractivity contribution >= 4 is 40.1 Å². The number of oxazole rings is 1. The third kappa shape index (κ3) is 2.39. The minimum atomic E-state index is 0.363. The molecule has 1 aromatic carbocycles. The summed E-state index contributed by atoms with van der Waals surface area (Å²) >= 11 is 7.92. The summed E-state index contributed by atoms with van der Waals surface area (Å²) in [4.78, 5) is 6.88. The number of halogens is 1. The predicted molar refractivity (Wildman–Crippen MR) is 92.0 cm³/mol. The molecule has 4 nitrogen and oxygen atoms in total. The molecule has 114 valence electrons. The fourth-order valence-corrected chi connectivity index (χ4v) is 3.74. The second-order valence-electron chi connectivity index (χ2n) is 5.56. The molecular formula is C16H16ClN3OS. The first kappa shape index (κ1) is 14.1. The van der Waals surface area contributed by atoms with E-state index >= 15 is 0 Å². The zero-order valence-electron chi connectivity index (χ0n) is 12.2. The van der Waals surface area contributed by atoms with Gasteiger partial charge in [-0.3, -0.25) is 0 Å². The van der Waals surface area contributed by atoms with Crippen molar-refractivity contribution in [3.8, 4) is 11.1 Å². The normalized spacial score (nSPS) is 19.0. The number of rotatable bonds is 2. The molecule has 1 atom stereocenters. The van der Waals surface area contributed by atoms with Crippen LogP contribution in [0.5, 0.6) is 0 Å². The highest BCUT2D eigenvalue weighted by molar-refractivity contribution is 7.08. The fraction of sp³-hybridized carbons (Fsp3) is 0.312. The number of hydrogen-bond donors (Lipinski definition) is 1. The molecule has 1 fully saturated rings. The molecule has 0 saturated carbocycles. The fourth-order valence-electron chi connectivity index (χ4n) is 2.87. The minimum Gasteiger partial charge on any atom is -0.423 e. The summed E-state index contributed by atoms with van der Waals surface area (Å²) in [5.41, 5.74) is 3.75. The van der Waals surface area contributed by atoms with Crippen molar-refractivity contribution in [3.05, 3.63) is 34.0 Å². The van der Waals surface area contributed by atoms with Crippen molar-refractivity contribution in [1.29, 1.82) is 0 Å². The first-order chi connectivity index (χ1) is 10.7. The highest BCUT2D eigenvalue weighted by Crippen LogP contribution is 2.35. The molecule has 0 amide bonds. The van der Waals surface area contributed by atoms with Crippen LogP contribution in [0.2, 0.25) is 5.02 Å². The Balaban J connectivity index is 1.85. The van der Waals surface area contributed by atoms with Gasteiger partial charge in [-0.1, -0.05) is 11.6 Å². The van der Waals surface area contributed by atoms with Crippen LogP contribution in [-0.4, -0.2) is 30.7 Å². The van der Waals surface area contributed by atoms with Crippen molar-refractivity contribution in [2.24, 2.45) is 0 Å². The molecule has 0 bridgehead atoms. The monoisotopic (exact) mass is 333 g/mol. The molecular weight excluding hydrogens is 318 g/mol. The third-order valence-corrected chi connectivity index (χ3v) is 4.92. The van der Waals surface area contributed by atoms with E-state index in [1.165, 1.54) is 0 Å². The third-order valence-electron chi connectivity index (χ3n) is 4.02. The molecule has 3 heterocycles. The van der Waals surface area contributed by atoms with E-state index in [1.807, 2.05) is 12.1 Å². The number of hydrogen-bond acceptors (Lipinski definition) is 5. The predicted octanol–water partition coefficient (Wildman–Crippen LogP) is 4.01. The molecule has 1 unspecified atom stereocenters. The lowest BCUT2D eigenvalue weighted by Gasteiger charge is -2.32. The number of thiophene rings is 1. The van der Waals surface area contributed by atoms with Gasteiger partial charge in [0.25, 0.3) is 6.01 Å². The summed E-state index contributed by atoms with van der Waals surface area (Å²) in [7, 11) is 0. The molecule has 4 rings (SSSR count). The number of nitrogens with zero attached hydrogens (tertiary/aromatic N) is 2. The number of anilines is 1. The summed E-state index contributed by atoms with van der Waals surface area (Å²) in [6.45, 7) is 4.96. The van der Waals surface area contributed by atoms with Gasteiger partial charge in [0.05, 0.1) is 0 Å². The summed E-state index contributed by atoms with van der Waals surface area (Å²) in [5, 5.41) is 8.21. The first-order valence-corrected chi connectivity index (χ1v) is 8.64. The average Bonchev–Trinajstić information content (AvgIpc) is 3.15. The second kappa shape index (κ2) is 5.57. The van der Waals surface area contributed by atoms with Gasteiger partial charge in [-0.2, -0.15) is 16.3 Å². The largest absolute Gasteiger partial charge is 0.423 e. The quantitative estimate of drug-likeness (QED) is 0.769. The number of nitrogens with one attached hydrogen (secondary N) is 1. The van der Waals surface area contributed by atoms with Gasteiger partial charge in [-0.05, 0) is 41.4 Å². The Hall–Kier alpha value is -1.56. The smallest absolute Gasteiger partial charge is 0.298 e. The van der Waals surface area contributed by atoms with Crippen LogP contribution in [0.25, 0.3) is 22.2 Å². The van der Waals surface area contributed by atoms with Gasteiger partial charge in [0.1, 0.15) is 5.52 Å². The Bertz CT molecular complexity index is 799. The van der Waals surface area contributed by atoms with E-state index in [1.54, 1.807) is 11.3 Å². The summed E-state index contributed by atoms with van der Waals surface area (Å²) in [5.74, 6) is 0. The first-order valence-electron chi connectivity index (χ1n) is 7.32. The number of fused-ring (bicyclic) bond motifs is 1. The highest BCUT2D eigenvalue weighted by Gasteiger charge is 2.24. The van der Waals surface area contributed by atoms with Gasteiger partial charge >= 0.3 is 0 Å². The molecule has 0 aliphatic carbocycles.